The van der Waals surface area contributed by atoms with Crippen molar-refractivity contribution in [2.75, 3.05) is 27.4 Å². The number of hydrogen-bond donors (Lipinski definition) is 1. The van der Waals surface area contributed by atoms with Crippen LogP contribution >= 0.6 is 0 Å². The molecule has 1 saturated heterocycles. The van der Waals surface area contributed by atoms with Crippen LogP contribution in [0.2, 0.25) is 0 Å². The lowest BCUT2D eigenvalue weighted by Gasteiger charge is -2.11. The number of methoxy groups -OCH3 is 2. The van der Waals surface area contributed by atoms with Crippen LogP contribution in [0.3, 0.4) is 0 Å². The second-order valence-electron chi connectivity index (χ2n) is 5.54. The van der Waals surface area contributed by atoms with Crippen molar-refractivity contribution in [2.45, 2.75) is 18.9 Å². The fraction of sp³-hybridized carbons (Fsp3) is 0.412. The molecule has 1 N–H and O–H groups in total. The van der Waals surface area contributed by atoms with E-state index >= 15 is 0 Å². The second-order valence-corrected chi connectivity index (χ2v) is 5.54. The van der Waals surface area contributed by atoms with Gasteiger partial charge in [0.05, 0.1) is 36.9 Å². The van der Waals surface area contributed by atoms with Crippen molar-refractivity contribution in [2.24, 2.45) is 0 Å². The first-order valence-electron chi connectivity index (χ1n) is 7.92. The molecule has 26 heavy (non-hydrogen) atoms. The van der Waals surface area contributed by atoms with E-state index in [0.717, 1.165) is 18.9 Å². The zero-order valence-electron chi connectivity index (χ0n) is 14.5. The van der Waals surface area contributed by atoms with E-state index in [1.165, 1.54) is 26.4 Å². The van der Waals surface area contributed by atoms with Gasteiger partial charge in [-0.15, -0.1) is 0 Å². The summed E-state index contributed by atoms with van der Waals surface area (Å²) in [5.41, 5.74) is -0.489. The topological polar surface area (TPSA) is 124 Å². The van der Waals surface area contributed by atoms with Crippen molar-refractivity contribution < 1.29 is 23.9 Å². The molecule has 1 aromatic rings. The Kier molecular flexibility index (Phi) is 6.52. The maximum absolute atomic E-state index is 12.2. The molecule has 1 aliphatic heterocycles. The molecule has 0 bridgehead atoms. The molecule has 0 aliphatic carbocycles. The Morgan fingerprint density at radius 1 is 1.46 bits per heavy atom. The molecule has 1 unspecified atom stereocenters. The highest BCUT2D eigenvalue weighted by atomic mass is 16.6. The number of nitrogens with one attached hydrogen (secondary N) is 1. The summed E-state index contributed by atoms with van der Waals surface area (Å²) in [6.07, 6.45) is 2.85. The Morgan fingerprint density at radius 2 is 2.15 bits per heavy atom. The summed E-state index contributed by atoms with van der Waals surface area (Å²) < 4.78 is 15.6. The van der Waals surface area contributed by atoms with Crippen molar-refractivity contribution in [1.29, 1.82) is 5.26 Å². The molecule has 0 spiro atoms. The summed E-state index contributed by atoms with van der Waals surface area (Å²) in [7, 11) is 2.74. The van der Waals surface area contributed by atoms with Crippen LogP contribution in [0.4, 0.5) is 5.69 Å². The van der Waals surface area contributed by atoms with Gasteiger partial charge in [-0.25, -0.2) is 0 Å². The van der Waals surface area contributed by atoms with Gasteiger partial charge in [0.2, 0.25) is 0 Å². The van der Waals surface area contributed by atoms with Crippen LogP contribution in [0.1, 0.15) is 18.4 Å². The molecular weight excluding hydrogens is 342 g/mol. The van der Waals surface area contributed by atoms with E-state index in [9.17, 15) is 20.2 Å². The zero-order chi connectivity index (χ0) is 19.1. The van der Waals surface area contributed by atoms with E-state index in [4.69, 9.17) is 14.2 Å². The highest BCUT2D eigenvalue weighted by Crippen LogP contribution is 2.35. The van der Waals surface area contributed by atoms with Crippen molar-refractivity contribution in [1.82, 2.24) is 5.32 Å². The molecule has 1 atom stereocenters. The average molecular weight is 361 g/mol. The van der Waals surface area contributed by atoms with Crippen LogP contribution in [0, 0.1) is 21.4 Å². The van der Waals surface area contributed by atoms with Gasteiger partial charge >= 0.3 is 0 Å². The fourth-order valence-electron chi connectivity index (χ4n) is 2.57. The number of carbonyl (C=O) groups is 1. The minimum Gasteiger partial charge on any atom is -0.493 e. The normalized spacial score (nSPS) is 16.7. The summed E-state index contributed by atoms with van der Waals surface area (Å²) in [6.45, 7) is 0.936. The highest BCUT2D eigenvalue weighted by molar-refractivity contribution is 6.02. The monoisotopic (exact) mass is 361 g/mol. The second kappa shape index (κ2) is 8.82. The molecule has 0 radical (unpaired) electrons. The van der Waals surface area contributed by atoms with Gasteiger partial charge in [0.25, 0.3) is 11.6 Å². The molecule has 9 heteroatoms. The number of nitriles is 1. The van der Waals surface area contributed by atoms with Crippen LogP contribution in [0.25, 0.3) is 6.08 Å². The quantitative estimate of drug-likeness (QED) is 0.340. The molecule has 0 aromatic heterocycles. The van der Waals surface area contributed by atoms with Crippen LogP contribution in [-0.4, -0.2) is 44.3 Å². The SMILES string of the molecule is COc1cc(C=C(C#N)C(=O)NCC2CCCO2)c([N+](=O)[O-])cc1OC. The Bertz CT molecular complexity index is 762. The third kappa shape index (κ3) is 4.49. The van der Waals surface area contributed by atoms with Crippen LogP contribution in [-0.2, 0) is 9.53 Å². The van der Waals surface area contributed by atoms with Crippen LogP contribution < -0.4 is 14.8 Å². The van der Waals surface area contributed by atoms with E-state index in [1.807, 2.05) is 0 Å². The lowest BCUT2D eigenvalue weighted by molar-refractivity contribution is -0.385. The highest BCUT2D eigenvalue weighted by Gasteiger charge is 2.21. The predicted octanol–water partition coefficient (Wildman–Crippen LogP) is 1.81. The van der Waals surface area contributed by atoms with Gasteiger partial charge in [0, 0.05) is 13.2 Å². The van der Waals surface area contributed by atoms with Crippen molar-refractivity contribution in [3.05, 3.63) is 33.4 Å². The van der Waals surface area contributed by atoms with Gasteiger partial charge in [0.15, 0.2) is 11.5 Å². The van der Waals surface area contributed by atoms with E-state index in [-0.39, 0.29) is 41.0 Å². The molecule has 0 saturated carbocycles. The number of benzene rings is 1. The van der Waals surface area contributed by atoms with Gasteiger partial charge < -0.3 is 19.5 Å². The molecule has 1 aliphatic rings. The lowest BCUT2D eigenvalue weighted by atomic mass is 10.1. The summed E-state index contributed by atoms with van der Waals surface area (Å²) >= 11 is 0. The molecule has 138 valence electrons. The number of carbonyl (C=O) groups excluding carboxylic acids is 1. The summed E-state index contributed by atoms with van der Waals surface area (Å²) in [6, 6.07) is 4.30. The van der Waals surface area contributed by atoms with Crippen molar-refractivity contribution in [3.8, 4) is 17.6 Å². The van der Waals surface area contributed by atoms with Crippen molar-refractivity contribution >= 4 is 17.7 Å². The van der Waals surface area contributed by atoms with E-state index in [0.29, 0.717) is 6.61 Å². The third-order valence-electron chi connectivity index (χ3n) is 3.91. The van der Waals surface area contributed by atoms with E-state index in [1.54, 1.807) is 6.07 Å². The number of nitro benzene ring substituents is 1. The van der Waals surface area contributed by atoms with Gasteiger partial charge in [-0.2, -0.15) is 5.26 Å². The van der Waals surface area contributed by atoms with Crippen LogP contribution in [0.5, 0.6) is 11.5 Å². The first-order valence-corrected chi connectivity index (χ1v) is 7.92. The molecule has 1 fully saturated rings. The molecular formula is C17H19N3O6. The summed E-state index contributed by atoms with van der Waals surface area (Å²) in [5.74, 6) is -0.189. The van der Waals surface area contributed by atoms with Crippen molar-refractivity contribution in [3.63, 3.8) is 0 Å². The number of ether oxygens (including phenoxy) is 3. The molecule has 2 rings (SSSR count). The van der Waals surface area contributed by atoms with Gasteiger partial charge in [-0.1, -0.05) is 0 Å². The zero-order valence-corrected chi connectivity index (χ0v) is 14.5. The Hall–Kier alpha value is -3.12. The number of nitrogens with zero attached hydrogens (tertiary/aromatic N) is 2. The number of amides is 1. The molecule has 1 heterocycles. The number of hydrogen-bond acceptors (Lipinski definition) is 7. The minimum absolute atomic E-state index is 0.0662. The number of nitro groups is 1. The molecule has 1 aromatic carbocycles. The predicted molar refractivity (Wildman–Crippen MR) is 91.8 cm³/mol. The standard InChI is InChI=1S/C17H19N3O6/c1-24-15-7-11(14(20(22)23)8-16(15)25-2)6-12(9-18)17(21)19-10-13-4-3-5-26-13/h6-8,13H,3-5,10H2,1-2H3,(H,19,21). The third-order valence-corrected chi connectivity index (χ3v) is 3.91. The summed E-state index contributed by atoms with van der Waals surface area (Å²) in [4.78, 5) is 22.9. The first-order chi connectivity index (χ1) is 12.5. The fourth-order valence-corrected chi connectivity index (χ4v) is 2.57. The number of rotatable bonds is 7. The van der Waals surface area contributed by atoms with E-state index in [2.05, 4.69) is 5.32 Å². The van der Waals surface area contributed by atoms with Gasteiger partial charge in [-0.05, 0) is 25.0 Å². The maximum Gasteiger partial charge on any atom is 0.280 e. The smallest absolute Gasteiger partial charge is 0.280 e. The van der Waals surface area contributed by atoms with Gasteiger partial charge in [0.1, 0.15) is 11.6 Å². The lowest BCUT2D eigenvalue weighted by Crippen LogP contribution is -2.32. The molecule has 9 nitrogen and oxygen atoms in total. The minimum atomic E-state index is -0.618. The van der Waals surface area contributed by atoms with Crippen LogP contribution in [0.15, 0.2) is 17.7 Å². The average Bonchev–Trinajstić information content (AvgIpc) is 3.16. The Balaban J connectivity index is 2.29. The Morgan fingerprint density at radius 3 is 2.69 bits per heavy atom. The first kappa shape index (κ1) is 19.2. The Labute approximate surface area is 150 Å². The summed E-state index contributed by atoms with van der Waals surface area (Å²) in [5, 5.41) is 23.2. The van der Waals surface area contributed by atoms with Gasteiger partial charge in [-0.3, -0.25) is 14.9 Å². The largest absolute Gasteiger partial charge is 0.493 e. The maximum atomic E-state index is 12.2. The molecule has 1 amide bonds. The van der Waals surface area contributed by atoms with E-state index < -0.39 is 10.8 Å².